The van der Waals surface area contributed by atoms with Gasteiger partial charge in [0.05, 0.1) is 5.69 Å². The summed E-state index contributed by atoms with van der Waals surface area (Å²) in [5.74, 6) is -1.23. The highest BCUT2D eigenvalue weighted by Crippen LogP contribution is 2.00. The van der Waals surface area contributed by atoms with E-state index in [0.29, 0.717) is 5.69 Å². The molecule has 0 fully saturated rings. The molecule has 0 aromatic carbocycles. The molecule has 1 rings (SSSR count). The Morgan fingerprint density at radius 3 is 2.81 bits per heavy atom. The van der Waals surface area contributed by atoms with Gasteiger partial charge in [0, 0.05) is 12.9 Å². The molecule has 0 saturated carbocycles. The zero-order chi connectivity index (χ0) is 12.0. The number of hydrogen-bond donors (Lipinski definition) is 2. The number of carbonyl (C=O) groups is 1. The molecular weight excluding hydrogens is 208 g/mol. The van der Waals surface area contributed by atoms with Gasteiger partial charge in [-0.15, -0.1) is 5.10 Å². The molecule has 0 aliphatic carbocycles. The van der Waals surface area contributed by atoms with E-state index in [1.165, 1.54) is 6.08 Å². The van der Waals surface area contributed by atoms with Gasteiger partial charge < -0.3 is 10.8 Å². The van der Waals surface area contributed by atoms with E-state index in [9.17, 15) is 4.79 Å². The van der Waals surface area contributed by atoms with Gasteiger partial charge >= 0.3 is 5.97 Å². The third kappa shape index (κ3) is 3.02. The summed E-state index contributed by atoms with van der Waals surface area (Å²) >= 11 is 0. The maximum absolute atomic E-state index is 10.6. The smallest absolute Gasteiger partial charge is 0.351 e. The lowest BCUT2D eigenvalue weighted by atomic mass is 10.2. The largest absolute Gasteiger partial charge is 0.477 e. The lowest BCUT2D eigenvalue weighted by molar-refractivity contribution is -0.132. The van der Waals surface area contributed by atoms with Crippen LogP contribution in [0.2, 0.25) is 0 Å². The van der Waals surface area contributed by atoms with Crippen LogP contribution in [0.3, 0.4) is 0 Å². The van der Waals surface area contributed by atoms with Crippen LogP contribution >= 0.6 is 0 Å². The molecule has 0 saturated heterocycles. The molecule has 0 atom stereocenters. The number of allylic oxidation sites excluding steroid dienone is 1. The normalized spacial score (nSPS) is 12.2. The van der Waals surface area contributed by atoms with Crippen LogP contribution in [0.5, 0.6) is 0 Å². The number of rotatable bonds is 4. The molecule has 0 amide bonds. The van der Waals surface area contributed by atoms with E-state index >= 15 is 0 Å². The zero-order valence-electron chi connectivity index (χ0n) is 8.37. The summed E-state index contributed by atoms with van der Waals surface area (Å²) in [5.41, 5.74) is 5.65. The number of hydrogen-bond acceptors (Lipinski definition) is 5. The van der Waals surface area contributed by atoms with E-state index in [1.807, 2.05) is 0 Å². The van der Waals surface area contributed by atoms with Crippen molar-refractivity contribution in [2.75, 3.05) is 0 Å². The van der Waals surface area contributed by atoms with Crippen LogP contribution in [0, 0.1) is 0 Å². The zero-order valence-corrected chi connectivity index (χ0v) is 8.37. The van der Waals surface area contributed by atoms with Gasteiger partial charge in [-0.1, -0.05) is 6.07 Å². The number of aromatic nitrogens is 1. The Hall–Kier alpha value is -2.50. The van der Waals surface area contributed by atoms with E-state index in [-0.39, 0.29) is 11.4 Å². The van der Waals surface area contributed by atoms with Gasteiger partial charge in [-0.05, 0) is 18.2 Å². The molecule has 82 valence electrons. The molecule has 0 radical (unpaired) electrons. The van der Waals surface area contributed by atoms with Crippen molar-refractivity contribution in [2.24, 2.45) is 15.9 Å². The van der Waals surface area contributed by atoms with Crippen LogP contribution in [-0.4, -0.2) is 28.5 Å². The van der Waals surface area contributed by atoms with E-state index in [4.69, 9.17) is 10.8 Å². The van der Waals surface area contributed by atoms with Crippen molar-refractivity contribution in [1.29, 1.82) is 0 Å². The Morgan fingerprint density at radius 2 is 2.31 bits per heavy atom. The first-order chi connectivity index (χ1) is 7.65. The molecule has 1 aromatic heterocycles. The highest BCUT2D eigenvalue weighted by Gasteiger charge is 2.06. The number of pyridine rings is 1. The van der Waals surface area contributed by atoms with Crippen LogP contribution in [0.1, 0.15) is 5.69 Å². The molecular formula is C10H10N4O2. The summed E-state index contributed by atoms with van der Waals surface area (Å²) in [5, 5.41) is 15.6. The molecule has 6 heteroatoms. The summed E-state index contributed by atoms with van der Waals surface area (Å²) in [4.78, 5) is 14.6. The first-order valence-electron chi connectivity index (χ1n) is 4.30. The minimum absolute atomic E-state index is 0.246. The van der Waals surface area contributed by atoms with Gasteiger partial charge in [-0.3, -0.25) is 4.98 Å². The molecule has 16 heavy (non-hydrogen) atoms. The maximum atomic E-state index is 10.6. The van der Waals surface area contributed by atoms with Crippen molar-refractivity contribution in [2.45, 2.75) is 0 Å². The topological polar surface area (TPSA) is 101 Å². The van der Waals surface area contributed by atoms with Crippen molar-refractivity contribution in [1.82, 2.24) is 4.98 Å². The summed E-state index contributed by atoms with van der Waals surface area (Å²) in [6.07, 6.45) is 2.73. The van der Waals surface area contributed by atoms with Gasteiger partial charge in [0.15, 0.2) is 0 Å². The number of nitrogens with two attached hydrogens (primary N) is 1. The quantitative estimate of drug-likeness (QED) is 0.434. The summed E-state index contributed by atoms with van der Waals surface area (Å²) in [6, 6.07) is 5.13. The molecule has 6 nitrogen and oxygen atoms in total. The highest BCUT2D eigenvalue weighted by molar-refractivity contribution is 6.10. The Kier molecular flexibility index (Phi) is 3.90. The van der Waals surface area contributed by atoms with Gasteiger partial charge in [-0.25, -0.2) is 4.79 Å². The van der Waals surface area contributed by atoms with Crippen LogP contribution in [0.15, 0.2) is 46.4 Å². The minimum Gasteiger partial charge on any atom is -0.477 e. The predicted octanol–water partition coefficient (Wildman–Crippen LogP) is 0.413. The van der Waals surface area contributed by atoms with Crippen LogP contribution < -0.4 is 5.73 Å². The highest BCUT2D eigenvalue weighted by atomic mass is 16.4. The SMILES string of the molecule is C=NN=C(C=C(N)C(=O)O)c1ccccn1. The fraction of sp³-hybridized carbons (Fsp3) is 0. The first-order valence-corrected chi connectivity index (χ1v) is 4.30. The van der Waals surface area contributed by atoms with E-state index in [0.717, 1.165) is 0 Å². The average Bonchev–Trinajstić information content (AvgIpc) is 2.29. The van der Waals surface area contributed by atoms with Gasteiger partial charge in [-0.2, -0.15) is 5.10 Å². The van der Waals surface area contributed by atoms with Crippen molar-refractivity contribution < 1.29 is 9.90 Å². The molecule has 0 spiro atoms. The fourth-order valence-electron chi connectivity index (χ4n) is 0.954. The lowest BCUT2D eigenvalue weighted by Crippen LogP contribution is -2.13. The van der Waals surface area contributed by atoms with Gasteiger partial charge in [0.25, 0.3) is 0 Å². The maximum Gasteiger partial charge on any atom is 0.351 e. The Balaban J connectivity index is 3.13. The molecule has 1 aromatic rings. The summed E-state index contributed by atoms with van der Waals surface area (Å²) in [7, 11) is 0. The second-order valence-electron chi connectivity index (χ2n) is 2.75. The molecule has 1 heterocycles. The third-order valence-corrected chi connectivity index (χ3v) is 1.64. The number of carboxylic acid groups (broad SMARTS) is 1. The van der Waals surface area contributed by atoms with E-state index < -0.39 is 5.97 Å². The average molecular weight is 218 g/mol. The lowest BCUT2D eigenvalue weighted by Gasteiger charge is -1.99. The Labute approximate surface area is 91.8 Å². The monoisotopic (exact) mass is 218 g/mol. The number of aliphatic carboxylic acids is 1. The predicted molar refractivity (Wildman–Crippen MR) is 60.2 cm³/mol. The van der Waals surface area contributed by atoms with Crippen molar-refractivity contribution in [3.05, 3.63) is 41.9 Å². The van der Waals surface area contributed by atoms with Crippen molar-refractivity contribution in [3.63, 3.8) is 0 Å². The van der Waals surface area contributed by atoms with E-state index in [1.54, 1.807) is 24.4 Å². The standard InChI is InChI=1S/C10H10N4O2/c1-12-14-9(6-7(11)10(15)16)8-4-2-3-5-13-8/h2-6H,1,11H2,(H,15,16). The first kappa shape index (κ1) is 11.6. The second kappa shape index (κ2) is 5.40. The third-order valence-electron chi connectivity index (χ3n) is 1.64. The van der Waals surface area contributed by atoms with E-state index in [2.05, 4.69) is 21.9 Å². The summed E-state index contributed by atoms with van der Waals surface area (Å²) < 4.78 is 0. The van der Waals surface area contributed by atoms with Crippen LogP contribution in [0.4, 0.5) is 0 Å². The fourth-order valence-corrected chi connectivity index (χ4v) is 0.954. The van der Waals surface area contributed by atoms with Gasteiger partial charge in [0.2, 0.25) is 0 Å². The van der Waals surface area contributed by atoms with Crippen LogP contribution in [0.25, 0.3) is 0 Å². The van der Waals surface area contributed by atoms with Crippen molar-refractivity contribution >= 4 is 18.4 Å². The Bertz CT molecular complexity index is 451. The molecule has 0 aliphatic rings. The molecule has 3 N–H and O–H groups in total. The molecule has 0 unspecified atom stereocenters. The second-order valence-corrected chi connectivity index (χ2v) is 2.75. The summed E-state index contributed by atoms with van der Waals surface area (Å²) in [6.45, 7) is 3.20. The number of nitrogens with zero attached hydrogens (tertiary/aromatic N) is 3. The minimum atomic E-state index is -1.23. The van der Waals surface area contributed by atoms with Crippen LogP contribution in [-0.2, 0) is 4.79 Å². The Morgan fingerprint density at radius 1 is 1.56 bits per heavy atom. The molecule has 0 bridgehead atoms. The van der Waals surface area contributed by atoms with Crippen molar-refractivity contribution in [3.8, 4) is 0 Å². The van der Waals surface area contributed by atoms with Gasteiger partial charge in [0.1, 0.15) is 11.4 Å². The molecule has 0 aliphatic heterocycles. The number of carboxylic acids is 1.